The van der Waals surface area contributed by atoms with Crippen LogP contribution in [0.15, 0.2) is 115 Å². The summed E-state index contributed by atoms with van der Waals surface area (Å²) in [4.78, 5) is 0. The van der Waals surface area contributed by atoms with Gasteiger partial charge in [-0.3, -0.25) is 0 Å². The van der Waals surface area contributed by atoms with E-state index in [-0.39, 0.29) is 17.6 Å². The molecule has 0 bridgehead atoms. The lowest BCUT2D eigenvalue weighted by molar-refractivity contribution is 0.627. The fourth-order valence-electron chi connectivity index (χ4n) is 4.51. The molecule has 0 nitrogen and oxygen atoms in total. The van der Waals surface area contributed by atoms with E-state index in [0.29, 0.717) is 0 Å². The molecule has 1 atom stereocenters. The van der Waals surface area contributed by atoms with E-state index >= 15 is 0 Å². The largest absolute Gasteiger partial charge is 0.207 e. The van der Waals surface area contributed by atoms with Gasteiger partial charge in [-0.15, -0.1) is 0 Å². The van der Waals surface area contributed by atoms with Gasteiger partial charge in [0.05, 0.1) is 0 Å². The van der Waals surface area contributed by atoms with Gasteiger partial charge >= 0.3 is 0 Å². The third-order valence-electron chi connectivity index (χ3n) is 6.12. The van der Waals surface area contributed by atoms with Gasteiger partial charge in [0.15, 0.2) is 0 Å². The zero-order valence-corrected chi connectivity index (χ0v) is 17.7. The van der Waals surface area contributed by atoms with Crippen molar-refractivity contribution in [2.75, 3.05) is 0 Å². The molecule has 0 amide bonds. The number of hydrogen-bond acceptors (Lipinski definition) is 0. The summed E-state index contributed by atoms with van der Waals surface area (Å²) in [6.45, 7) is 2.22. The Labute approximate surface area is 187 Å². The molecule has 1 aliphatic carbocycles. The van der Waals surface area contributed by atoms with Crippen molar-refractivity contribution in [2.45, 2.75) is 12.8 Å². The standard InChI is InChI=1S/C30H22F2/c1-20-26-9-5-6-10-27(26)30(23-7-3-2-4-8-23)28(20)19-29(21-11-15-24(31)16-12-21)22-13-17-25(32)18-14-22/h2-20H,1H3. The predicted octanol–water partition coefficient (Wildman–Crippen LogP) is 8.02. The lowest BCUT2D eigenvalue weighted by atomic mass is 9.90. The van der Waals surface area contributed by atoms with E-state index < -0.39 is 0 Å². The molecule has 0 aromatic heterocycles. The van der Waals surface area contributed by atoms with Crippen molar-refractivity contribution in [2.24, 2.45) is 0 Å². The minimum Gasteiger partial charge on any atom is -0.207 e. The molecule has 2 heteroatoms. The molecule has 5 rings (SSSR count). The molecule has 0 aliphatic heterocycles. The molecular weight excluding hydrogens is 398 g/mol. The molecule has 4 aromatic carbocycles. The van der Waals surface area contributed by atoms with E-state index in [0.717, 1.165) is 22.3 Å². The number of fused-ring (bicyclic) bond motifs is 1. The fraction of sp³-hybridized carbons (Fsp3) is 0.0667. The second-order valence-corrected chi connectivity index (χ2v) is 8.08. The molecule has 0 saturated heterocycles. The SMILES string of the molecule is CC1C(C=C(c2ccc(F)cc2)c2ccc(F)cc2)=C(c2ccccc2)c2ccccc21. The summed E-state index contributed by atoms with van der Waals surface area (Å²) in [5.41, 5.74) is 8.80. The molecule has 0 N–H and O–H groups in total. The van der Waals surface area contributed by atoms with Crippen LogP contribution in [0.4, 0.5) is 8.78 Å². The Kier molecular flexibility index (Phi) is 5.28. The second-order valence-electron chi connectivity index (χ2n) is 8.08. The van der Waals surface area contributed by atoms with Crippen LogP contribution in [-0.4, -0.2) is 0 Å². The Morgan fingerprint density at radius 2 is 1.19 bits per heavy atom. The first-order valence-electron chi connectivity index (χ1n) is 10.7. The van der Waals surface area contributed by atoms with E-state index in [9.17, 15) is 8.78 Å². The average Bonchev–Trinajstić information content (AvgIpc) is 3.11. The first-order valence-corrected chi connectivity index (χ1v) is 10.7. The lowest BCUT2D eigenvalue weighted by Gasteiger charge is -2.14. The Morgan fingerprint density at radius 1 is 0.656 bits per heavy atom. The van der Waals surface area contributed by atoms with Gasteiger partial charge in [0.25, 0.3) is 0 Å². The van der Waals surface area contributed by atoms with Crippen molar-refractivity contribution in [1.29, 1.82) is 0 Å². The molecule has 0 radical (unpaired) electrons. The topological polar surface area (TPSA) is 0 Å². The molecule has 1 unspecified atom stereocenters. The Bertz CT molecular complexity index is 1260. The van der Waals surface area contributed by atoms with Gasteiger partial charge in [-0.05, 0) is 74.9 Å². The van der Waals surface area contributed by atoms with Gasteiger partial charge in [-0.2, -0.15) is 0 Å². The van der Waals surface area contributed by atoms with Gasteiger partial charge in [-0.25, -0.2) is 8.78 Å². The predicted molar refractivity (Wildman–Crippen MR) is 127 cm³/mol. The monoisotopic (exact) mass is 420 g/mol. The van der Waals surface area contributed by atoms with E-state index in [1.54, 1.807) is 24.3 Å². The molecule has 1 aliphatic rings. The number of halogens is 2. The minimum atomic E-state index is -0.280. The zero-order valence-electron chi connectivity index (χ0n) is 17.7. The van der Waals surface area contributed by atoms with Gasteiger partial charge in [-0.1, -0.05) is 85.8 Å². The summed E-state index contributed by atoms with van der Waals surface area (Å²) in [5.74, 6) is -0.367. The molecular formula is C30H22F2. The van der Waals surface area contributed by atoms with Crippen LogP contribution in [0.25, 0.3) is 11.1 Å². The third-order valence-corrected chi connectivity index (χ3v) is 6.12. The van der Waals surface area contributed by atoms with Crippen molar-refractivity contribution in [1.82, 2.24) is 0 Å². The highest BCUT2D eigenvalue weighted by Gasteiger charge is 2.28. The number of rotatable bonds is 4. The van der Waals surface area contributed by atoms with E-state index in [2.05, 4.69) is 61.5 Å². The van der Waals surface area contributed by atoms with Crippen LogP contribution in [0, 0.1) is 11.6 Å². The van der Waals surface area contributed by atoms with Crippen molar-refractivity contribution < 1.29 is 8.78 Å². The second kappa shape index (κ2) is 8.39. The van der Waals surface area contributed by atoms with Crippen molar-refractivity contribution >= 4 is 11.1 Å². The normalized spacial score (nSPS) is 14.9. The molecule has 156 valence electrons. The summed E-state index contributed by atoms with van der Waals surface area (Å²) in [7, 11) is 0. The average molecular weight is 421 g/mol. The van der Waals surface area contributed by atoms with E-state index in [1.807, 2.05) is 6.07 Å². The van der Waals surface area contributed by atoms with Crippen LogP contribution >= 0.6 is 0 Å². The van der Waals surface area contributed by atoms with Crippen molar-refractivity contribution in [3.05, 3.63) is 154 Å². The van der Waals surface area contributed by atoms with Crippen LogP contribution in [0.1, 0.15) is 40.7 Å². The minimum absolute atomic E-state index is 0.192. The summed E-state index contributed by atoms with van der Waals surface area (Å²) < 4.78 is 27.3. The lowest BCUT2D eigenvalue weighted by Crippen LogP contribution is -1.95. The third kappa shape index (κ3) is 3.69. The van der Waals surface area contributed by atoms with Gasteiger partial charge in [0.1, 0.15) is 11.6 Å². The Morgan fingerprint density at radius 3 is 1.78 bits per heavy atom. The Hall–Kier alpha value is -3.78. The van der Waals surface area contributed by atoms with Crippen LogP contribution in [0.2, 0.25) is 0 Å². The summed E-state index contributed by atoms with van der Waals surface area (Å²) >= 11 is 0. The molecule has 32 heavy (non-hydrogen) atoms. The quantitative estimate of drug-likeness (QED) is 0.314. The number of allylic oxidation sites excluding steroid dienone is 2. The zero-order chi connectivity index (χ0) is 22.1. The highest BCUT2D eigenvalue weighted by atomic mass is 19.1. The summed E-state index contributed by atoms with van der Waals surface area (Å²) in [5, 5.41) is 0. The smallest absolute Gasteiger partial charge is 0.123 e. The molecule has 0 heterocycles. The fourth-order valence-corrected chi connectivity index (χ4v) is 4.51. The maximum Gasteiger partial charge on any atom is 0.123 e. The van der Waals surface area contributed by atoms with Gasteiger partial charge in [0, 0.05) is 5.92 Å². The summed E-state index contributed by atoms with van der Waals surface area (Å²) in [6, 6.07) is 31.9. The molecule has 0 fully saturated rings. The van der Waals surface area contributed by atoms with Crippen molar-refractivity contribution in [3.63, 3.8) is 0 Å². The van der Waals surface area contributed by atoms with Gasteiger partial charge in [0.2, 0.25) is 0 Å². The highest BCUT2D eigenvalue weighted by molar-refractivity contribution is 5.93. The molecule has 0 saturated carbocycles. The van der Waals surface area contributed by atoms with Crippen LogP contribution in [0.3, 0.4) is 0 Å². The van der Waals surface area contributed by atoms with E-state index in [4.69, 9.17) is 0 Å². The maximum absolute atomic E-state index is 13.7. The van der Waals surface area contributed by atoms with Gasteiger partial charge < -0.3 is 0 Å². The van der Waals surface area contributed by atoms with Crippen LogP contribution < -0.4 is 0 Å². The number of hydrogen-bond donors (Lipinski definition) is 0. The van der Waals surface area contributed by atoms with Crippen LogP contribution in [-0.2, 0) is 0 Å². The first-order chi connectivity index (χ1) is 15.6. The van der Waals surface area contributed by atoms with Crippen LogP contribution in [0.5, 0.6) is 0 Å². The first kappa shape index (κ1) is 20.1. The highest BCUT2D eigenvalue weighted by Crippen LogP contribution is 2.46. The molecule has 0 spiro atoms. The van der Waals surface area contributed by atoms with E-state index in [1.165, 1.54) is 46.5 Å². The maximum atomic E-state index is 13.7. The number of benzene rings is 4. The van der Waals surface area contributed by atoms with Crippen molar-refractivity contribution in [3.8, 4) is 0 Å². The molecule has 4 aromatic rings. The Balaban J connectivity index is 1.77. The summed E-state index contributed by atoms with van der Waals surface area (Å²) in [6.07, 6.45) is 2.19.